The molecule has 5 atom stereocenters. The molecule has 72 heavy (non-hydrogen) atoms. The van der Waals surface area contributed by atoms with Crippen molar-refractivity contribution in [3.63, 3.8) is 0 Å². The van der Waals surface area contributed by atoms with Gasteiger partial charge in [-0.05, 0) is 118 Å². The molecule has 2 aromatic rings. The van der Waals surface area contributed by atoms with Crippen molar-refractivity contribution in [2.75, 3.05) is 72.7 Å². The SMILES string of the molecule is CC(CO)CCOC(=O)CC(C)C(=O)OCCC(C)COC(=O)CC(C)C(=O)OCCC(C)CO.CCCCOC(=O)c1ccc(C(=O)OCCCCOC(=O)c2ccc(C(=O)OCCCCO)cc2)cc1. The highest BCUT2D eigenvalue weighted by molar-refractivity contribution is 5.94. The van der Waals surface area contributed by atoms with Gasteiger partial charge in [-0.1, -0.05) is 48.0 Å². The number of rotatable bonds is 35. The first-order valence-electron chi connectivity index (χ1n) is 24.8. The summed E-state index contributed by atoms with van der Waals surface area (Å²) in [5.41, 5.74) is 1.33. The Hall–Kier alpha value is -5.92. The molecule has 3 N–H and O–H groups in total. The number of hydrogen-bond donors (Lipinski definition) is 3. The van der Waals surface area contributed by atoms with E-state index in [0.717, 1.165) is 12.8 Å². The molecule has 0 aromatic heterocycles. The van der Waals surface area contributed by atoms with Gasteiger partial charge < -0.3 is 53.2 Å². The van der Waals surface area contributed by atoms with E-state index >= 15 is 0 Å². The molecule has 0 amide bonds. The predicted molar refractivity (Wildman–Crippen MR) is 261 cm³/mol. The lowest BCUT2D eigenvalue weighted by Crippen LogP contribution is -2.23. The molecule has 5 unspecified atom stereocenters. The van der Waals surface area contributed by atoms with Crippen molar-refractivity contribution in [1.82, 2.24) is 0 Å². The first kappa shape index (κ1) is 64.1. The van der Waals surface area contributed by atoms with Gasteiger partial charge in [0, 0.05) is 19.8 Å². The van der Waals surface area contributed by atoms with E-state index in [4.69, 9.17) is 53.2 Å². The minimum Gasteiger partial charge on any atom is -0.466 e. The van der Waals surface area contributed by atoms with Crippen molar-refractivity contribution in [3.8, 4) is 0 Å². The van der Waals surface area contributed by atoms with Gasteiger partial charge in [-0.15, -0.1) is 0 Å². The first-order chi connectivity index (χ1) is 34.4. The number of benzene rings is 2. The molecule has 0 radical (unpaired) electrons. The number of ether oxygens (including phenoxy) is 8. The Morgan fingerprint density at radius 2 is 0.722 bits per heavy atom. The van der Waals surface area contributed by atoms with Crippen LogP contribution >= 0.6 is 0 Å². The van der Waals surface area contributed by atoms with Gasteiger partial charge >= 0.3 is 47.8 Å². The van der Waals surface area contributed by atoms with Crippen molar-refractivity contribution in [2.24, 2.45) is 29.6 Å². The van der Waals surface area contributed by atoms with Gasteiger partial charge in [-0.3, -0.25) is 19.2 Å². The smallest absolute Gasteiger partial charge is 0.338 e. The number of unbranched alkanes of at least 4 members (excludes halogenated alkanes) is 3. The maximum Gasteiger partial charge on any atom is 0.338 e. The van der Waals surface area contributed by atoms with Gasteiger partial charge in [0.25, 0.3) is 0 Å². The van der Waals surface area contributed by atoms with Crippen LogP contribution in [0.15, 0.2) is 48.5 Å². The van der Waals surface area contributed by atoms with Gasteiger partial charge in [0.15, 0.2) is 0 Å². The molecular weight excluding hydrogens is 941 g/mol. The van der Waals surface area contributed by atoms with E-state index in [1.807, 2.05) is 27.7 Å². The summed E-state index contributed by atoms with van der Waals surface area (Å²) in [5, 5.41) is 26.6. The van der Waals surface area contributed by atoms with E-state index in [9.17, 15) is 38.4 Å². The maximum atomic E-state index is 12.2. The van der Waals surface area contributed by atoms with E-state index in [0.29, 0.717) is 73.8 Å². The van der Waals surface area contributed by atoms with E-state index < -0.39 is 59.6 Å². The Labute approximate surface area is 423 Å². The molecule has 19 nitrogen and oxygen atoms in total. The van der Waals surface area contributed by atoms with Crippen LogP contribution in [0.1, 0.15) is 154 Å². The quantitative estimate of drug-likeness (QED) is 0.0371. The third-order valence-corrected chi connectivity index (χ3v) is 10.7. The van der Waals surface area contributed by atoms with Gasteiger partial charge in [0.2, 0.25) is 0 Å². The standard InChI is InChI=1S/C28H34O9.C25H44O10/c1-2-3-17-34-25(30)21-8-10-23(11-9-21)27(32)36-19-6-7-20-37-28(33)24-14-12-22(13-15-24)26(31)35-18-5-4-16-29;1-17(14-26)6-9-32-22(28)12-20(4)24(30)34-11-8-19(3)16-35-23(29)13-21(5)25(31)33-10-7-18(2)15-27/h8-15,29H,2-7,16-20H2,1H3;17-21,26-27H,6-16H2,1-5H3. The second-order valence-electron chi connectivity index (χ2n) is 17.7. The summed E-state index contributed by atoms with van der Waals surface area (Å²) in [5.74, 6) is -5.18. The summed E-state index contributed by atoms with van der Waals surface area (Å²) < 4.78 is 41.3. The topological polar surface area (TPSA) is 271 Å². The lowest BCUT2D eigenvalue weighted by molar-refractivity contribution is -0.156. The minimum absolute atomic E-state index is 0.0245. The van der Waals surface area contributed by atoms with E-state index in [2.05, 4.69) is 0 Å². The zero-order valence-electron chi connectivity index (χ0n) is 42.9. The van der Waals surface area contributed by atoms with Crippen LogP contribution < -0.4 is 0 Å². The van der Waals surface area contributed by atoms with E-state index in [1.165, 1.54) is 48.5 Å². The fourth-order valence-corrected chi connectivity index (χ4v) is 5.71. The Bertz CT molecular complexity index is 1900. The highest BCUT2D eigenvalue weighted by atomic mass is 16.6. The van der Waals surface area contributed by atoms with Gasteiger partial charge in [-0.2, -0.15) is 0 Å². The molecule has 2 rings (SSSR count). The van der Waals surface area contributed by atoms with Crippen LogP contribution in [-0.2, 0) is 57.1 Å². The predicted octanol–water partition coefficient (Wildman–Crippen LogP) is 6.64. The molecule has 0 aliphatic rings. The lowest BCUT2D eigenvalue weighted by Gasteiger charge is -2.16. The summed E-state index contributed by atoms with van der Waals surface area (Å²) in [6, 6.07) is 12.1. The third-order valence-electron chi connectivity index (χ3n) is 10.7. The van der Waals surface area contributed by atoms with Crippen molar-refractivity contribution in [3.05, 3.63) is 70.8 Å². The van der Waals surface area contributed by atoms with Crippen molar-refractivity contribution < 1.29 is 91.6 Å². The molecule has 0 spiro atoms. The zero-order chi connectivity index (χ0) is 53.7. The summed E-state index contributed by atoms with van der Waals surface area (Å²) in [6.45, 7) is 12.4. The first-order valence-corrected chi connectivity index (χ1v) is 24.8. The van der Waals surface area contributed by atoms with Crippen molar-refractivity contribution in [1.29, 1.82) is 0 Å². The highest BCUT2D eigenvalue weighted by Gasteiger charge is 2.22. The summed E-state index contributed by atoms with van der Waals surface area (Å²) >= 11 is 0. The number of carbonyl (C=O) groups excluding carboxylic acids is 8. The van der Waals surface area contributed by atoms with Crippen LogP contribution in [-0.4, -0.2) is 136 Å². The molecule has 0 fully saturated rings. The molecule has 19 heteroatoms. The number of esters is 8. The van der Waals surface area contributed by atoms with Crippen LogP contribution in [0, 0.1) is 29.6 Å². The van der Waals surface area contributed by atoms with Crippen LogP contribution in [0.5, 0.6) is 0 Å². The molecule has 0 saturated heterocycles. The van der Waals surface area contributed by atoms with E-state index in [-0.39, 0.29) is 96.7 Å². The lowest BCUT2D eigenvalue weighted by atomic mass is 10.1. The average Bonchev–Trinajstić information content (AvgIpc) is 3.37. The minimum atomic E-state index is -0.640. The molecule has 404 valence electrons. The molecule has 0 bridgehead atoms. The summed E-state index contributed by atoms with van der Waals surface area (Å²) in [6.07, 6.45) is 5.27. The number of carbonyl (C=O) groups is 8. The normalized spacial score (nSPS) is 12.8. The fourth-order valence-electron chi connectivity index (χ4n) is 5.71. The Morgan fingerprint density at radius 3 is 1.07 bits per heavy atom. The molecule has 0 heterocycles. The molecule has 0 aliphatic carbocycles. The Kier molecular flexibility index (Phi) is 34.5. The maximum absolute atomic E-state index is 12.2. The highest BCUT2D eigenvalue weighted by Crippen LogP contribution is 2.14. The summed E-state index contributed by atoms with van der Waals surface area (Å²) in [7, 11) is 0. The fraction of sp³-hybridized carbons (Fsp3) is 0.623. The molecule has 0 aliphatic heterocycles. The third kappa shape index (κ3) is 29.4. The van der Waals surface area contributed by atoms with Crippen LogP contribution in [0.25, 0.3) is 0 Å². The molecule has 2 aromatic carbocycles. The van der Waals surface area contributed by atoms with Gasteiger partial charge in [-0.25, -0.2) is 19.2 Å². The second kappa shape index (κ2) is 38.7. The van der Waals surface area contributed by atoms with Gasteiger partial charge in [0.1, 0.15) is 0 Å². The van der Waals surface area contributed by atoms with E-state index in [1.54, 1.807) is 13.8 Å². The van der Waals surface area contributed by atoms with Crippen molar-refractivity contribution in [2.45, 2.75) is 112 Å². The van der Waals surface area contributed by atoms with Crippen molar-refractivity contribution >= 4 is 47.8 Å². The van der Waals surface area contributed by atoms with Crippen LogP contribution in [0.2, 0.25) is 0 Å². The average molecular weight is 1020 g/mol. The largest absolute Gasteiger partial charge is 0.466 e. The van der Waals surface area contributed by atoms with Crippen LogP contribution in [0.4, 0.5) is 0 Å². The Balaban J connectivity index is 0.000000722. The second-order valence-corrected chi connectivity index (χ2v) is 17.7. The molecule has 0 saturated carbocycles. The summed E-state index contributed by atoms with van der Waals surface area (Å²) in [4.78, 5) is 95.9. The number of aliphatic hydroxyl groups is 3. The molecular formula is C53H78O19. The zero-order valence-corrected chi connectivity index (χ0v) is 42.9. The number of aliphatic hydroxyl groups excluding tert-OH is 3. The Morgan fingerprint density at radius 1 is 0.403 bits per heavy atom. The van der Waals surface area contributed by atoms with Gasteiger partial charge in [0.05, 0.1) is 99.8 Å². The number of hydrogen-bond acceptors (Lipinski definition) is 19. The van der Waals surface area contributed by atoms with Crippen LogP contribution in [0.3, 0.4) is 0 Å². The monoisotopic (exact) mass is 1020 g/mol.